The quantitative estimate of drug-likeness (QED) is 0.863. The van der Waals surface area contributed by atoms with Crippen LogP contribution in [0.25, 0.3) is 0 Å². The van der Waals surface area contributed by atoms with Crippen molar-refractivity contribution in [3.63, 3.8) is 0 Å². The zero-order chi connectivity index (χ0) is 14.5. The number of aromatic nitrogens is 2. The van der Waals surface area contributed by atoms with Crippen LogP contribution in [0.3, 0.4) is 0 Å². The van der Waals surface area contributed by atoms with Crippen molar-refractivity contribution in [1.82, 2.24) is 9.78 Å². The van der Waals surface area contributed by atoms with Crippen molar-refractivity contribution < 1.29 is 0 Å². The summed E-state index contributed by atoms with van der Waals surface area (Å²) in [6, 6.07) is 2.11. The van der Waals surface area contributed by atoms with E-state index >= 15 is 0 Å². The van der Waals surface area contributed by atoms with Crippen LogP contribution >= 0.6 is 27.3 Å². The van der Waals surface area contributed by atoms with Gasteiger partial charge in [0.15, 0.2) is 0 Å². The number of nitrogens with zero attached hydrogens (tertiary/aromatic N) is 2. The molecular weight excluding hydrogens is 338 g/mol. The Morgan fingerprint density at radius 3 is 2.95 bits per heavy atom. The molecule has 108 valence electrons. The average Bonchev–Trinajstić information content (AvgIpc) is 2.90. The van der Waals surface area contributed by atoms with E-state index in [0.29, 0.717) is 16.9 Å². The Hall–Kier alpha value is -1.14. The predicted molar refractivity (Wildman–Crippen MR) is 87.5 cm³/mol. The van der Waals surface area contributed by atoms with E-state index in [9.17, 15) is 4.79 Å². The van der Waals surface area contributed by atoms with Crippen LogP contribution in [0.1, 0.15) is 19.4 Å². The summed E-state index contributed by atoms with van der Waals surface area (Å²) >= 11 is 5.06. The lowest BCUT2D eigenvalue weighted by Crippen LogP contribution is -2.26. The summed E-state index contributed by atoms with van der Waals surface area (Å²) in [4.78, 5) is 12.1. The zero-order valence-corrected chi connectivity index (χ0v) is 14.0. The maximum atomic E-state index is 12.1. The van der Waals surface area contributed by atoms with Gasteiger partial charge >= 0.3 is 0 Å². The van der Waals surface area contributed by atoms with Crippen molar-refractivity contribution in [2.45, 2.75) is 26.8 Å². The van der Waals surface area contributed by atoms with Crippen LogP contribution in [0.4, 0.5) is 5.69 Å². The molecule has 0 fully saturated rings. The van der Waals surface area contributed by atoms with Gasteiger partial charge in [0.05, 0.1) is 11.9 Å². The summed E-state index contributed by atoms with van der Waals surface area (Å²) in [5, 5.41) is 11.7. The number of halogens is 1. The Bertz CT molecular complexity index is 607. The summed E-state index contributed by atoms with van der Waals surface area (Å²) in [6.07, 6.45) is 2.65. The Morgan fingerprint density at radius 2 is 2.30 bits per heavy atom. The Balaban J connectivity index is 2.02. The van der Waals surface area contributed by atoms with Crippen molar-refractivity contribution in [2.75, 3.05) is 11.9 Å². The summed E-state index contributed by atoms with van der Waals surface area (Å²) in [7, 11) is 0. The molecule has 0 aliphatic carbocycles. The van der Waals surface area contributed by atoms with Crippen LogP contribution in [-0.4, -0.2) is 16.3 Å². The number of thiophene rings is 1. The van der Waals surface area contributed by atoms with Gasteiger partial charge < -0.3 is 5.32 Å². The minimum Gasteiger partial charge on any atom is -0.382 e. The number of nitrogens with one attached hydrogen (secondary N) is 1. The molecular formula is C14H18BrN3OS. The average molecular weight is 356 g/mol. The van der Waals surface area contributed by atoms with Gasteiger partial charge in [0.25, 0.3) is 5.56 Å². The van der Waals surface area contributed by atoms with E-state index in [4.69, 9.17) is 0 Å². The van der Waals surface area contributed by atoms with Crippen molar-refractivity contribution in [3.8, 4) is 0 Å². The first kappa shape index (κ1) is 15.3. The van der Waals surface area contributed by atoms with Crippen molar-refractivity contribution >= 4 is 33.0 Å². The molecule has 0 aliphatic rings. The molecule has 0 bridgehead atoms. The van der Waals surface area contributed by atoms with E-state index in [-0.39, 0.29) is 5.56 Å². The molecule has 2 heterocycles. The first-order valence-electron chi connectivity index (χ1n) is 6.58. The summed E-state index contributed by atoms with van der Waals surface area (Å²) in [5.41, 5.74) is 1.98. The van der Waals surface area contributed by atoms with Crippen LogP contribution < -0.4 is 10.9 Å². The second kappa shape index (κ2) is 7.04. The molecule has 2 rings (SSSR count). The van der Waals surface area contributed by atoms with Gasteiger partial charge in [-0.3, -0.25) is 4.79 Å². The second-order valence-electron chi connectivity index (χ2n) is 5.06. The van der Waals surface area contributed by atoms with Gasteiger partial charge in [-0.25, -0.2) is 4.68 Å². The fourth-order valence-corrected chi connectivity index (χ4v) is 2.99. The van der Waals surface area contributed by atoms with E-state index < -0.39 is 0 Å². The maximum Gasteiger partial charge on any atom is 0.283 e. The Morgan fingerprint density at radius 1 is 1.50 bits per heavy atom. The molecule has 0 atom stereocenters. The monoisotopic (exact) mass is 355 g/mol. The molecule has 1 N–H and O–H groups in total. The molecule has 6 heteroatoms. The van der Waals surface area contributed by atoms with Gasteiger partial charge in [-0.15, -0.1) is 0 Å². The van der Waals surface area contributed by atoms with Gasteiger partial charge in [-0.2, -0.15) is 16.4 Å². The van der Waals surface area contributed by atoms with E-state index in [1.165, 1.54) is 10.2 Å². The first-order valence-corrected chi connectivity index (χ1v) is 8.32. The van der Waals surface area contributed by atoms with E-state index in [2.05, 4.69) is 57.0 Å². The molecule has 0 saturated carbocycles. The third kappa shape index (κ3) is 3.93. The van der Waals surface area contributed by atoms with Crippen LogP contribution in [0.5, 0.6) is 0 Å². The topological polar surface area (TPSA) is 46.9 Å². The lowest BCUT2D eigenvalue weighted by atomic mass is 10.2. The Kier molecular flexibility index (Phi) is 5.37. The van der Waals surface area contributed by atoms with Crippen molar-refractivity contribution in [2.24, 2.45) is 5.92 Å². The zero-order valence-electron chi connectivity index (χ0n) is 11.6. The van der Waals surface area contributed by atoms with Gasteiger partial charge in [0, 0.05) is 13.1 Å². The highest BCUT2D eigenvalue weighted by Crippen LogP contribution is 2.16. The SMILES string of the molecule is CC(C)Cn1ncc(NCCc2ccsc2)c(Br)c1=O. The normalized spacial score (nSPS) is 11.0. The molecule has 0 spiro atoms. The van der Waals surface area contributed by atoms with Gasteiger partial charge in [0.1, 0.15) is 4.47 Å². The minimum atomic E-state index is -0.0840. The van der Waals surface area contributed by atoms with Crippen LogP contribution in [0, 0.1) is 5.92 Å². The highest BCUT2D eigenvalue weighted by molar-refractivity contribution is 9.10. The fourth-order valence-electron chi connectivity index (χ4n) is 1.84. The third-order valence-corrected chi connectivity index (χ3v) is 4.33. The van der Waals surface area contributed by atoms with Crippen LogP contribution in [0.15, 0.2) is 32.3 Å². The summed E-state index contributed by atoms with van der Waals surface area (Å²) < 4.78 is 2.05. The molecule has 2 aromatic heterocycles. The molecule has 0 saturated heterocycles. The Labute approximate surface area is 131 Å². The van der Waals surface area contributed by atoms with Gasteiger partial charge in [0.2, 0.25) is 0 Å². The van der Waals surface area contributed by atoms with E-state index in [0.717, 1.165) is 18.7 Å². The molecule has 20 heavy (non-hydrogen) atoms. The molecule has 0 aromatic carbocycles. The highest BCUT2D eigenvalue weighted by atomic mass is 79.9. The van der Waals surface area contributed by atoms with Crippen molar-refractivity contribution in [3.05, 3.63) is 43.4 Å². The molecule has 2 aromatic rings. The lowest BCUT2D eigenvalue weighted by molar-refractivity contribution is 0.462. The van der Waals surface area contributed by atoms with Crippen LogP contribution in [-0.2, 0) is 13.0 Å². The second-order valence-corrected chi connectivity index (χ2v) is 6.63. The highest BCUT2D eigenvalue weighted by Gasteiger charge is 2.09. The maximum absolute atomic E-state index is 12.1. The van der Waals surface area contributed by atoms with Gasteiger partial charge in [-0.1, -0.05) is 13.8 Å². The molecule has 4 nitrogen and oxygen atoms in total. The van der Waals surface area contributed by atoms with Gasteiger partial charge in [-0.05, 0) is 50.7 Å². The lowest BCUT2D eigenvalue weighted by Gasteiger charge is -2.11. The van der Waals surface area contributed by atoms with E-state index in [1.54, 1.807) is 17.5 Å². The number of rotatable bonds is 6. The summed E-state index contributed by atoms with van der Waals surface area (Å²) in [6.45, 7) is 5.54. The smallest absolute Gasteiger partial charge is 0.283 e. The fraction of sp³-hybridized carbons (Fsp3) is 0.429. The molecule has 0 amide bonds. The summed E-state index contributed by atoms with van der Waals surface area (Å²) in [5.74, 6) is 0.393. The molecule has 0 radical (unpaired) electrons. The minimum absolute atomic E-state index is 0.0840. The van der Waals surface area contributed by atoms with Crippen molar-refractivity contribution in [1.29, 1.82) is 0 Å². The predicted octanol–water partition coefficient (Wildman–Crippen LogP) is 3.38. The third-order valence-electron chi connectivity index (χ3n) is 2.83. The van der Waals surface area contributed by atoms with Crippen LogP contribution in [0.2, 0.25) is 0 Å². The molecule has 0 aliphatic heterocycles. The standard InChI is InChI=1S/C14H18BrN3OS/c1-10(2)8-18-14(19)13(15)12(7-17-18)16-5-3-11-4-6-20-9-11/h4,6-7,9-10,16H,3,5,8H2,1-2H3. The largest absolute Gasteiger partial charge is 0.382 e. The first-order chi connectivity index (χ1) is 9.58. The number of hydrogen-bond donors (Lipinski definition) is 1. The van der Waals surface area contributed by atoms with E-state index in [1.807, 2.05) is 0 Å². The number of anilines is 1. The molecule has 0 unspecified atom stereocenters. The number of hydrogen-bond acceptors (Lipinski definition) is 4.